The lowest BCUT2D eigenvalue weighted by Crippen LogP contribution is -2.20. The van der Waals surface area contributed by atoms with Gasteiger partial charge in [0.25, 0.3) is 5.91 Å². The fraction of sp³-hybridized carbons (Fsp3) is 0.179. The zero-order valence-corrected chi connectivity index (χ0v) is 20.5. The van der Waals surface area contributed by atoms with Crippen molar-refractivity contribution in [1.82, 2.24) is 4.98 Å². The van der Waals surface area contributed by atoms with Crippen LogP contribution in [0.5, 0.6) is 11.5 Å². The molecule has 5 rings (SSSR count). The predicted octanol–water partition coefficient (Wildman–Crippen LogP) is 6.43. The molecule has 1 aromatic heterocycles. The van der Waals surface area contributed by atoms with Crippen LogP contribution >= 0.6 is 0 Å². The van der Waals surface area contributed by atoms with Gasteiger partial charge in [0.2, 0.25) is 0 Å². The second kappa shape index (κ2) is 10.2. The van der Waals surface area contributed by atoms with Crippen molar-refractivity contribution in [2.24, 2.45) is 5.10 Å². The van der Waals surface area contributed by atoms with Crippen LogP contribution in [0.25, 0.3) is 10.9 Å². The third kappa shape index (κ3) is 4.95. The predicted molar refractivity (Wildman–Crippen MR) is 135 cm³/mol. The molecular weight excluding hydrogens is 518 g/mol. The van der Waals surface area contributed by atoms with E-state index in [2.05, 4.69) is 10.1 Å². The summed E-state index contributed by atoms with van der Waals surface area (Å²) in [5, 5.41) is 14.0. The summed E-state index contributed by atoms with van der Waals surface area (Å²) in [6.45, 7) is 1.63. The molecule has 0 saturated carbocycles. The van der Waals surface area contributed by atoms with E-state index in [0.29, 0.717) is 0 Å². The fourth-order valence-electron chi connectivity index (χ4n) is 4.47. The third-order valence-electron chi connectivity index (χ3n) is 6.55. The zero-order valence-electron chi connectivity index (χ0n) is 20.5. The van der Waals surface area contributed by atoms with Crippen molar-refractivity contribution in [3.63, 3.8) is 0 Å². The molecule has 1 aliphatic heterocycles. The molecule has 1 unspecified atom stereocenters. The van der Waals surface area contributed by atoms with Crippen LogP contribution in [0.15, 0.2) is 59.8 Å². The lowest BCUT2D eigenvalue weighted by molar-refractivity contribution is -0.137. The largest absolute Gasteiger partial charge is 0.481 e. The molecule has 0 saturated heterocycles. The number of halogens is 4. The van der Waals surface area contributed by atoms with Crippen molar-refractivity contribution in [1.29, 1.82) is 0 Å². The van der Waals surface area contributed by atoms with E-state index in [-0.39, 0.29) is 58.4 Å². The first-order valence-electron chi connectivity index (χ1n) is 12.0. The first-order valence-corrected chi connectivity index (χ1v) is 12.0. The Morgan fingerprint density at radius 3 is 2.67 bits per heavy atom. The Morgan fingerprint density at radius 2 is 1.90 bits per heavy atom. The standard InChI is InChI=1S/C28H21F4N3O4/c1-14(17-4-2-3-15(26(17)31)5-8-25(37)38)21-13-24(36)35(34-21)23-11-16(6-7-19(23)29)39-28-20(30)12-22-18(27(28)32)9-10-33-22/h2-4,6-7,9-12,14,33H,5,8,13H2,1H3,(H,37,38). The van der Waals surface area contributed by atoms with E-state index in [4.69, 9.17) is 9.84 Å². The minimum Gasteiger partial charge on any atom is -0.481 e. The number of carboxylic acids is 1. The number of hydrogen-bond donors (Lipinski definition) is 2. The van der Waals surface area contributed by atoms with Crippen molar-refractivity contribution < 1.29 is 37.0 Å². The maximum Gasteiger partial charge on any atom is 0.303 e. The number of fused-ring (bicyclic) bond motifs is 1. The number of carbonyl (C=O) groups is 2. The normalized spacial score (nSPS) is 14.1. The van der Waals surface area contributed by atoms with E-state index in [1.54, 1.807) is 13.0 Å². The molecule has 39 heavy (non-hydrogen) atoms. The zero-order chi connectivity index (χ0) is 27.8. The SMILES string of the molecule is CC(C1=NN(c2cc(Oc3c(F)cc4[nH]ccc4c3F)ccc2F)C(=O)C1)c1cccc(CCC(=O)O)c1F. The number of rotatable bonds is 8. The number of nitrogens with one attached hydrogen (secondary N) is 1. The van der Waals surface area contributed by atoms with Crippen LogP contribution < -0.4 is 9.75 Å². The second-order valence-electron chi connectivity index (χ2n) is 9.07. The molecule has 1 atom stereocenters. The first-order chi connectivity index (χ1) is 18.6. The number of nitrogens with zero attached hydrogens (tertiary/aromatic N) is 2. The number of ether oxygens (including phenoxy) is 1. The average molecular weight is 539 g/mol. The van der Waals surface area contributed by atoms with Crippen molar-refractivity contribution in [2.45, 2.75) is 32.1 Å². The molecule has 1 amide bonds. The van der Waals surface area contributed by atoms with Gasteiger partial charge < -0.3 is 14.8 Å². The third-order valence-corrected chi connectivity index (χ3v) is 6.55. The topological polar surface area (TPSA) is 95.0 Å². The summed E-state index contributed by atoms with van der Waals surface area (Å²) in [4.78, 5) is 26.4. The lowest BCUT2D eigenvalue weighted by atomic mass is 9.91. The number of carboxylic acid groups (broad SMARTS) is 1. The van der Waals surface area contributed by atoms with Gasteiger partial charge in [0.1, 0.15) is 23.1 Å². The van der Waals surface area contributed by atoms with E-state index in [1.807, 2.05) is 0 Å². The Kier molecular flexibility index (Phi) is 6.81. The number of anilines is 1. The highest BCUT2D eigenvalue weighted by Crippen LogP contribution is 2.36. The van der Waals surface area contributed by atoms with Crippen LogP contribution in [0.2, 0.25) is 0 Å². The van der Waals surface area contributed by atoms with Gasteiger partial charge in [0.15, 0.2) is 17.4 Å². The van der Waals surface area contributed by atoms with E-state index in [1.165, 1.54) is 24.4 Å². The number of hydrogen-bond acceptors (Lipinski definition) is 4. The summed E-state index contributed by atoms with van der Waals surface area (Å²) in [5.74, 6) is -6.52. The highest BCUT2D eigenvalue weighted by atomic mass is 19.1. The summed E-state index contributed by atoms with van der Waals surface area (Å²) < 4.78 is 64.7. The Hall–Kier alpha value is -4.67. The van der Waals surface area contributed by atoms with E-state index < -0.39 is 46.8 Å². The molecule has 2 N–H and O–H groups in total. The highest BCUT2D eigenvalue weighted by Gasteiger charge is 2.32. The van der Waals surface area contributed by atoms with Gasteiger partial charge in [-0.25, -0.2) is 17.6 Å². The summed E-state index contributed by atoms with van der Waals surface area (Å²) in [6, 6.07) is 10.3. The van der Waals surface area contributed by atoms with Gasteiger partial charge in [-0.1, -0.05) is 25.1 Å². The average Bonchev–Trinajstić information content (AvgIpc) is 3.53. The number of hydrazone groups is 1. The van der Waals surface area contributed by atoms with Gasteiger partial charge in [-0.05, 0) is 35.7 Å². The van der Waals surface area contributed by atoms with Gasteiger partial charge in [-0.2, -0.15) is 10.1 Å². The molecule has 0 spiro atoms. The molecule has 3 aromatic carbocycles. The van der Waals surface area contributed by atoms with Crippen LogP contribution in [-0.4, -0.2) is 27.7 Å². The Bertz CT molecular complexity index is 1650. The Balaban J connectivity index is 1.43. The molecule has 4 aromatic rings. The fourth-order valence-corrected chi connectivity index (χ4v) is 4.47. The molecule has 7 nitrogen and oxygen atoms in total. The van der Waals surface area contributed by atoms with E-state index in [9.17, 15) is 22.8 Å². The molecule has 0 fully saturated rings. The van der Waals surface area contributed by atoms with E-state index >= 15 is 4.39 Å². The number of carbonyl (C=O) groups excluding carboxylic acids is 1. The van der Waals surface area contributed by atoms with Crippen LogP contribution in [0.3, 0.4) is 0 Å². The first kappa shape index (κ1) is 26.0. The van der Waals surface area contributed by atoms with Gasteiger partial charge in [-0.3, -0.25) is 9.59 Å². The van der Waals surface area contributed by atoms with Gasteiger partial charge >= 0.3 is 5.97 Å². The summed E-state index contributed by atoms with van der Waals surface area (Å²) in [6.07, 6.45) is 0.973. The monoisotopic (exact) mass is 539 g/mol. The molecule has 1 aliphatic rings. The van der Waals surface area contributed by atoms with E-state index in [0.717, 1.165) is 29.3 Å². The minimum absolute atomic E-state index is 0.00449. The van der Waals surface area contributed by atoms with Crippen LogP contribution in [0.4, 0.5) is 23.2 Å². The summed E-state index contributed by atoms with van der Waals surface area (Å²) >= 11 is 0. The molecule has 200 valence electrons. The van der Waals surface area contributed by atoms with Crippen molar-refractivity contribution in [3.05, 3.63) is 89.1 Å². The maximum absolute atomic E-state index is 15.1. The molecule has 11 heteroatoms. The lowest BCUT2D eigenvalue weighted by Gasteiger charge is -2.16. The molecular formula is C28H21F4N3O4. The van der Waals surface area contributed by atoms with Crippen molar-refractivity contribution in [3.8, 4) is 11.5 Å². The van der Waals surface area contributed by atoms with Gasteiger partial charge in [-0.15, -0.1) is 0 Å². The molecule has 0 aliphatic carbocycles. The number of amides is 1. The summed E-state index contributed by atoms with van der Waals surface area (Å²) in [7, 11) is 0. The van der Waals surface area contributed by atoms with Crippen molar-refractivity contribution >= 4 is 34.2 Å². The molecule has 2 heterocycles. The number of aryl methyl sites for hydroxylation is 1. The number of aliphatic carboxylic acids is 1. The number of benzene rings is 3. The molecule has 0 bridgehead atoms. The highest BCUT2D eigenvalue weighted by molar-refractivity contribution is 6.15. The van der Waals surface area contributed by atoms with Gasteiger partial charge in [0, 0.05) is 36.1 Å². The number of H-pyrrole nitrogens is 1. The second-order valence-corrected chi connectivity index (χ2v) is 9.07. The van der Waals surface area contributed by atoms with Gasteiger partial charge in [0.05, 0.1) is 17.6 Å². The maximum atomic E-state index is 15.1. The van der Waals surface area contributed by atoms with Crippen molar-refractivity contribution in [2.75, 3.05) is 5.01 Å². The van der Waals surface area contributed by atoms with Crippen LogP contribution in [0, 0.1) is 23.3 Å². The number of aromatic nitrogens is 1. The Morgan fingerprint density at radius 1 is 1.10 bits per heavy atom. The van der Waals surface area contributed by atoms with Crippen LogP contribution in [0.1, 0.15) is 36.8 Å². The quantitative estimate of drug-likeness (QED) is 0.252. The molecule has 0 radical (unpaired) electrons. The Labute approximate surface area is 219 Å². The minimum atomic E-state index is -1.06. The smallest absolute Gasteiger partial charge is 0.303 e. The summed E-state index contributed by atoms with van der Waals surface area (Å²) in [5.41, 5.74) is 0.625. The van der Waals surface area contributed by atoms with Crippen LogP contribution in [-0.2, 0) is 16.0 Å². The number of aromatic amines is 1.